The fourth-order valence-electron chi connectivity index (χ4n) is 3.40. The van der Waals surface area contributed by atoms with Gasteiger partial charge in [0.1, 0.15) is 0 Å². The second-order valence-electron chi connectivity index (χ2n) is 7.05. The van der Waals surface area contributed by atoms with Gasteiger partial charge in [-0.25, -0.2) is 0 Å². The number of benzene rings is 6. The van der Waals surface area contributed by atoms with E-state index in [1.807, 2.05) is 119 Å². The van der Waals surface area contributed by atoms with Crippen molar-refractivity contribution in [2.75, 3.05) is 0 Å². The summed E-state index contributed by atoms with van der Waals surface area (Å²) >= 11 is 0. The quantitative estimate of drug-likeness (QED) is 0.161. The van der Waals surface area contributed by atoms with E-state index in [4.69, 9.17) is 0 Å². The normalized spacial score (nSPS) is 8.00. The summed E-state index contributed by atoms with van der Waals surface area (Å²) in [4.78, 5) is 0. The predicted octanol–water partition coefficient (Wildman–Crippen LogP) is 14.7. The van der Waals surface area contributed by atoms with Crippen molar-refractivity contribution in [2.45, 2.75) is 83.1 Å². The third-order valence-corrected chi connectivity index (χ3v) is 4.94. The standard InChI is InChI=1S/C14H10.C10H8.C6H6.6C2H6/c1-2-6-12-10-14-8-4-3-7-13(14)9-11(12)5-1;1-2-6-10-8-4-3-7-9(10)5-1;1-2-4-6-5-3-1;6*1-2/h1-10H;1-8H;1-6H;6*1-2H3. The molecule has 42 heavy (non-hydrogen) atoms. The van der Waals surface area contributed by atoms with Crippen LogP contribution in [0.3, 0.4) is 0 Å². The molecule has 0 spiro atoms. The maximum atomic E-state index is 2.24. The highest BCUT2D eigenvalue weighted by Crippen LogP contribution is 2.22. The van der Waals surface area contributed by atoms with Crippen molar-refractivity contribution in [1.82, 2.24) is 0 Å². The van der Waals surface area contributed by atoms with Gasteiger partial charge in [0.05, 0.1) is 0 Å². The number of hydrogen-bond acceptors (Lipinski definition) is 0. The zero-order valence-corrected chi connectivity index (χ0v) is 28.9. The Morgan fingerprint density at radius 3 is 0.500 bits per heavy atom. The predicted molar refractivity (Wildman–Crippen MR) is 200 cm³/mol. The Morgan fingerprint density at radius 1 is 0.190 bits per heavy atom. The fraction of sp³-hybridized carbons (Fsp3) is 0.286. The fourth-order valence-corrected chi connectivity index (χ4v) is 3.40. The highest BCUT2D eigenvalue weighted by Gasteiger charge is 1.95. The van der Waals surface area contributed by atoms with Gasteiger partial charge >= 0.3 is 0 Å². The van der Waals surface area contributed by atoms with Gasteiger partial charge in [-0.15, -0.1) is 0 Å². The maximum absolute atomic E-state index is 2.24. The number of rotatable bonds is 0. The lowest BCUT2D eigenvalue weighted by Crippen LogP contribution is -1.74. The molecule has 228 valence electrons. The van der Waals surface area contributed by atoms with Gasteiger partial charge in [-0.3, -0.25) is 0 Å². The Kier molecular flexibility index (Phi) is 33.8. The molecular formula is C42H60. The van der Waals surface area contributed by atoms with Gasteiger partial charge in [-0.1, -0.05) is 217 Å². The molecule has 0 heterocycles. The van der Waals surface area contributed by atoms with E-state index >= 15 is 0 Å². The molecule has 0 aliphatic carbocycles. The van der Waals surface area contributed by atoms with Crippen molar-refractivity contribution in [3.05, 3.63) is 146 Å². The summed E-state index contributed by atoms with van der Waals surface area (Å²) in [7, 11) is 0. The first-order valence-corrected chi connectivity index (χ1v) is 16.2. The lowest BCUT2D eigenvalue weighted by atomic mass is 10.0. The van der Waals surface area contributed by atoms with Crippen LogP contribution in [-0.4, -0.2) is 0 Å². The number of fused-ring (bicyclic) bond motifs is 3. The third kappa shape index (κ3) is 17.7. The van der Waals surface area contributed by atoms with Crippen LogP contribution in [0.5, 0.6) is 0 Å². The average Bonchev–Trinajstić information content (AvgIpc) is 3.14. The lowest BCUT2D eigenvalue weighted by Gasteiger charge is -2.00. The summed E-state index contributed by atoms with van der Waals surface area (Å²) in [5.41, 5.74) is 0. The molecule has 0 nitrogen and oxygen atoms in total. The van der Waals surface area contributed by atoms with Crippen LogP contribution in [0.15, 0.2) is 146 Å². The van der Waals surface area contributed by atoms with E-state index in [1.54, 1.807) is 0 Å². The van der Waals surface area contributed by atoms with Crippen LogP contribution in [0.2, 0.25) is 0 Å². The van der Waals surface area contributed by atoms with Crippen LogP contribution in [0, 0.1) is 0 Å². The van der Waals surface area contributed by atoms with E-state index in [1.165, 1.54) is 32.3 Å². The summed E-state index contributed by atoms with van der Waals surface area (Å²) < 4.78 is 0. The highest BCUT2D eigenvalue weighted by molar-refractivity contribution is 5.98. The van der Waals surface area contributed by atoms with E-state index in [2.05, 4.69) is 109 Å². The van der Waals surface area contributed by atoms with E-state index in [9.17, 15) is 0 Å². The van der Waals surface area contributed by atoms with Gasteiger partial charge in [0.2, 0.25) is 0 Å². The molecule has 0 fully saturated rings. The first kappa shape index (κ1) is 42.6. The molecule has 0 aromatic heterocycles. The van der Waals surface area contributed by atoms with Crippen LogP contribution in [0.25, 0.3) is 32.3 Å². The summed E-state index contributed by atoms with van der Waals surface area (Å²) in [6.45, 7) is 24.0. The van der Waals surface area contributed by atoms with Crippen LogP contribution < -0.4 is 0 Å². The minimum absolute atomic E-state index is 1.31. The molecule has 6 aromatic rings. The van der Waals surface area contributed by atoms with Crippen molar-refractivity contribution >= 4 is 32.3 Å². The molecule has 0 aliphatic heterocycles. The Hall–Kier alpha value is -3.90. The Balaban J connectivity index is -0.000000480. The van der Waals surface area contributed by atoms with Crippen molar-refractivity contribution in [2.24, 2.45) is 0 Å². The smallest absolute Gasteiger partial charge is 0.0178 e. The molecule has 0 saturated carbocycles. The minimum Gasteiger partial charge on any atom is -0.0683 e. The Morgan fingerprint density at radius 2 is 0.333 bits per heavy atom. The first-order chi connectivity index (χ1) is 20.9. The molecule has 0 aliphatic rings. The van der Waals surface area contributed by atoms with Gasteiger partial charge in [-0.05, 0) is 44.5 Å². The molecule has 6 aromatic carbocycles. The van der Waals surface area contributed by atoms with Gasteiger partial charge in [0.25, 0.3) is 0 Å². The number of hydrogen-bond donors (Lipinski definition) is 0. The minimum atomic E-state index is 1.31. The molecule has 0 unspecified atom stereocenters. The Bertz CT molecular complexity index is 1140. The van der Waals surface area contributed by atoms with Crippen LogP contribution in [0.4, 0.5) is 0 Å². The topological polar surface area (TPSA) is 0 Å². The van der Waals surface area contributed by atoms with Crippen molar-refractivity contribution < 1.29 is 0 Å². The summed E-state index contributed by atoms with van der Waals surface area (Å²) in [6.07, 6.45) is 0. The van der Waals surface area contributed by atoms with Crippen LogP contribution >= 0.6 is 0 Å². The van der Waals surface area contributed by atoms with Gasteiger partial charge in [0, 0.05) is 0 Å². The summed E-state index contributed by atoms with van der Waals surface area (Å²) in [5.74, 6) is 0. The molecule has 0 N–H and O–H groups in total. The molecule has 0 bridgehead atoms. The highest BCUT2D eigenvalue weighted by atomic mass is 14.0. The summed E-state index contributed by atoms with van der Waals surface area (Å²) in [5, 5.41) is 7.87. The van der Waals surface area contributed by atoms with E-state index in [-0.39, 0.29) is 0 Å². The van der Waals surface area contributed by atoms with E-state index < -0.39 is 0 Å². The second kappa shape index (κ2) is 33.3. The van der Waals surface area contributed by atoms with Crippen molar-refractivity contribution in [3.8, 4) is 0 Å². The lowest BCUT2D eigenvalue weighted by molar-refractivity contribution is 1.50. The van der Waals surface area contributed by atoms with Crippen molar-refractivity contribution in [1.29, 1.82) is 0 Å². The molecule has 0 radical (unpaired) electrons. The first-order valence-electron chi connectivity index (χ1n) is 16.2. The zero-order valence-electron chi connectivity index (χ0n) is 28.9. The van der Waals surface area contributed by atoms with E-state index in [0.717, 1.165) is 0 Å². The molecule has 0 amide bonds. The van der Waals surface area contributed by atoms with Crippen molar-refractivity contribution in [3.63, 3.8) is 0 Å². The monoisotopic (exact) mass is 564 g/mol. The molecule has 0 atom stereocenters. The van der Waals surface area contributed by atoms with Gasteiger partial charge in [-0.2, -0.15) is 0 Å². The SMILES string of the molecule is CC.CC.CC.CC.CC.CC.c1ccc2cc3ccccc3cc2c1.c1ccc2ccccc2c1.c1ccccc1. The molecule has 6 rings (SSSR count). The van der Waals surface area contributed by atoms with Crippen LogP contribution in [0.1, 0.15) is 83.1 Å². The maximum Gasteiger partial charge on any atom is -0.0178 e. The molecule has 0 saturated heterocycles. The molecular weight excluding hydrogens is 504 g/mol. The molecule has 0 heteroatoms. The average molecular weight is 565 g/mol. The van der Waals surface area contributed by atoms with Gasteiger partial charge in [0.15, 0.2) is 0 Å². The third-order valence-electron chi connectivity index (χ3n) is 4.94. The summed E-state index contributed by atoms with van der Waals surface area (Å²) in [6, 6.07) is 50.1. The largest absolute Gasteiger partial charge is 0.0683 e. The second-order valence-corrected chi connectivity index (χ2v) is 7.05. The van der Waals surface area contributed by atoms with Gasteiger partial charge < -0.3 is 0 Å². The zero-order chi connectivity index (χ0) is 32.4. The van der Waals surface area contributed by atoms with E-state index in [0.29, 0.717) is 0 Å². The Labute approximate surface area is 260 Å². The van der Waals surface area contributed by atoms with Crippen LogP contribution in [-0.2, 0) is 0 Å².